The molecular formula is C14H13ClN4S. The number of hydrogen-bond donors (Lipinski definition) is 1. The molecule has 2 aromatic heterocycles. The Balaban J connectivity index is 1.86. The first-order valence-electron chi connectivity index (χ1n) is 6.17. The molecule has 3 aromatic rings. The molecule has 0 aliphatic carbocycles. The predicted octanol–water partition coefficient (Wildman–Crippen LogP) is 3.90. The van der Waals surface area contributed by atoms with Crippen LogP contribution in [-0.2, 0) is 6.54 Å². The zero-order valence-electron chi connectivity index (χ0n) is 10.9. The summed E-state index contributed by atoms with van der Waals surface area (Å²) in [6, 6.07) is 7.62. The molecule has 0 unspecified atom stereocenters. The van der Waals surface area contributed by atoms with Crippen molar-refractivity contribution in [1.29, 1.82) is 0 Å². The normalized spacial score (nSPS) is 10.7. The van der Waals surface area contributed by atoms with E-state index in [0.29, 0.717) is 5.02 Å². The summed E-state index contributed by atoms with van der Waals surface area (Å²) in [5, 5.41) is 9.42. The molecule has 0 saturated carbocycles. The average molecular weight is 305 g/mol. The molecule has 0 amide bonds. The van der Waals surface area contributed by atoms with E-state index in [1.54, 1.807) is 17.5 Å². The summed E-state index contributed by atoms with van der Waals surface area (Å²) in [7, 11) is 0. The third-order valence-corrected chi connectivity index (χ3v) is 3.98. The van der Waals surface area contributed by atoms with E-state index in [1.165, 1.54) is 4.88 Å². The predicted molar refractivity (Wildman–Crippen MR) is 82.8 cm³/mol. The molecule has 20 heavy (non-hydrogen) atoms. The van der Waals surface area contributed by atoms with Crippen LogP contribution in [0.2, 0.25) is 5.02 Å². The number of nitrogens with zero attached hydrogens (tertiary/aromatic N) is 3. The van der Waals surface area contributed by atoms with Gasteiger partial charge in [0.2, 0.25) is 0 Å². The van der Waals surface area contributed by atoms with Gasteiger partial charge in [0.05, 0.1) is 22.9 Å². The number of anilines is 1. The summed E-state index contributed by atoms with van der Waals surface area (Å²) in [6.07, 6.45) is 5.56. The highest BCUT2D eigenvalue weighted by atomic mass is 35.5. The minimum absolute atomic E-state index is 0.698. The van der Waals surface area contributed by atoms with Crippen LogP contribution in [0.1, 0.15) is 9.88 Å². The molecule has 0 bridgehead atoms. The van der Waals surface area contributed by atoms with Crippen molar-refractivity contribution in [2.45, 2.75) is 13.5 Å². The van der Waals surface area contributed by atoms with E-state index in [1.807, 2.05) is 48.3 Å². The molecule has 1 N–H and O–H groups in total. The Morgan fingerprint density at radius 1 is 1.40 bits per heavy atom. The monoisotopic (exact) mass is 304 g/mol. The van der Waals surface area contributed by atoms with E-state index < -0.39 is 0 Å². The van der Waals surface area contributed by atoms with Crippen molar-refractivity contribution in [3.8, 4) is 5.69 Å². The number of nitrogens with one attached hydrogen (secondary N) is 1. The Morgan fingerprint density at radius 3 is 3.00 bits per heavy atom. The largest absolute Gasteiger partial charge is 0.378 e. The minimum Gasteiger partial charge on any atom is -0.378 e. The van der Waals surface area contributed by atoms with Crippen molar-refractivity contribution < 1.29 is 0 Å². The molecule has 0 saturated heterocycles. The second-order valence-electron chi connectivity index (χ2n) is 4.31. The van der Waals surface area contributed by atoms with Gasteiger partial charge in [0.25, 0.3) is 0 Å². The van der Waals surface area contributed by atoms with Gasteiger partial charge in [-0.1, -0.05) is 11.6 Å². The fraction of sp³-hybridized carbons (Fsp3) is 0.143. The molecule has 102 valence electrons. The smallest absolute Gasteiger partial charge is 0.0897 e. The van der Waals surface area contributed by atoms with Crippen molar-refractivity contribution >= 4 is 28.6 Å². The lowest BCUT2D eigenvalue weighted by molar-refractivity contribution is 0.879. The van der Waals surface area contributed by atoms with Gasteiger partial charge in [-0.25, -0.2) is 9.67 Å². The standard InChI is InChI=1S/C14H13ClN4S/c1-10-16-8-12(20-10)9-17-13-7-11(15)3-4-14(13)19-6-2-5-18-19/h2-8,17H,9H2,1H3. The first-order chi connectivity index (χ1) is 9.72. The highest BCUT2D eigenvalue weighted by Crippen LogP contribution is 2.25. The van der Waals surface area contributed by atoms with Gasteiger partial charge in [-0.05, 0) is 31.2 Å². The number of benzene rings is 1. The first-order valence-corrected chi connectivity index (χ1v) is 7.36. The number of halogens is 1. The fourth-order valence-corrected chi connectivity index (χ4v) is 2.84. The van der Waals surface area contributed by atoms with E-state index in [9.17, 15) is 0 Å². The molecule has 1 aromatic carbocycles. The maximum atomic E-state index is 6.08. The van der Waals surface area contributed by atoms with Gasteiger partial charge in [0, 0.05) is 28.5 Å². The highest BCUT2D eigenvalue weighted by Gasteiger charge is 2.06. The second kappa shape index (κ2) is 5.64. The number of thiazole rings is 1. The molecule has 4 nitrogen and oxygen atoms in total. The fourth-order valence-electron chi connectivity index (χ4n) is 1.93. The molecule has 0 fully saturated rings. The number of hydrogen-bond acceptors (Lipinski definition) is 4. The lowest BCUT2D eigenvalue weighted by Gasteiger charge is -2.11. The lowest BCUT2D eigenvalue weighted by Crippen LogP contribution is -2.04. The van der Waals surface area contributed by atoms with Gasteiger partial charge in [-0.15, -0.1) is 11.3 Å². The topological polar surface area (TPSA) is 42.7 Å². The van der Waals surface area contributed by atoms with Crippen LogP contribution < -0.4 is 5.32 Å². The second-order valence-corrected chi connectivity index (χ2v) is 6.07. The van der Waals surface area contributed by atoms with Crippen LogP contribution >= 0.6 is 22.9 Å². The van der Waals surface area contributed by atoms with Gasteiger partial charge < -0.3 is 5.32 Å². The number of aromatic nitrogens is 3. The Kier molecular flexibility index (Phi) is 3.71. The Labute approximate surface area is 126 Å². The average Bonchev–Trinajstić information content (AvgIpc) is 3.08. The molecule has 0 aliphatic heterocycles. The minimum atomic E-state index is 0.698. The molecule has 2 heterocycles. The van der Waals surface area contributed by atoms with Crippen molar-refractivity contribution in [2.75, 3.05) is 5.32 Å². The number of aryl methyl sites for hydroxylation is 1. The highest BCUT2D eigenvalue weighted by molar-refractivity contribution is 7.11. The van der Waals surface area contributed by atoms with Crippen molar-refractivity contribution in [2.24, 2.45) is 0 Å². The molecule has 0 radical (unpaired) electrons. The molecule has 0 atom stereocenters. The maximum Gasteiger partial charge on any atom is 0.0897 e. The van der Waals surface area contributed by atoms with Crippen molar-refractivity contribution in [3.05, 3.63) is 57.8 Å². The quantitative estimate of drug-likeness (QED) is 0.795. The molecule has 0 spiro atoms. The summed E-state index contributed by atoms with van der Waals surface area (Å²) in [5.74, 6) is 0. The summed E-state index contributed by atoms with van der Waals surface area (Å²) in [6.45, 7) is 2.73. The van der Waals surface area contributed by atoms with Crippen molar-refractivity contribution in [1.82, 2.24) is 14.8 Å². The SMILES string of the molecule is Cc1ncc(CNc2cc(Cl)ccc2-n2cccn2)s1. The van der Waals surface area contributed by atoms with Crippen LogP contribution in [0.15, 0.2) is 42.9 Å². The van der Waals surface area contributed by atoms with E-state index in [2.05, 4.69) is 15.4 Å². The van der Waals surface area contributed by atoms with Gasteiger partial charge in [-0.3, -0.25) is 0 Å². The third kappa shape index (κ3) is 2.84. The molecule has 3 rings (SSSR count). The van der Waals surface area contributed by atoms with E-state index >= 15 is 0 Å². The van der Waals surface area contributed by atoms with Gasteiger partial charge in [0.1, 0.15) is 0 Å². The Morgan fingerprint density at radius 2 is 2.30 bits per heavy atom. The molecule has 0 aliphatic rings. The van der Waals surface area contributed by atoms with Crippen LogP contribution in [0.5, 0.6) is 0 Å². The van der Waals surface area contributed by atoms with Crippen LogP contribution in [0.3, 0.4) is 0 Å². The van der Waals surface area contributed by atoms with Crippen LogP contribution in [0.25, 0.3) is 5.69 Å². The van der Waals surface area contributed by atoms with Crippen LogP contribution in [0.4, 0.5) is 5.69 Å². The van der Waals surface area contributed by atoms with Gasteiger partial charge in [0.15, 0.2) is 0 Å². The lowest BCUT2D eigenvalue weighted by atomic mass is 10.2. The summed E-state index contributed by atoms with van der Waals surface area (Å²) in [5.41, 5.74) is 1.92. The molecule has 6 heteroatoms. The summed E-state index contributed by atoms with van der Waals surface area (Å²) >= 11 is 7.77. The molecular weight excluding hydrogens is 292 g/mol. The van der Waals surface area contributed by atoms with Crippen LogP contribution in [0, 0.1) is 6.92 Å². The zero-order chi connectivity index (χ0) is 13.9. The van der Waals surface area contributed by atoms with E-state index in [0.717, 1.165) is 22.9 Å². The summed E-state index contributed by atoms with van der Waals surface area (Å²) < 4.78 is 1.82. The maximum absolute atomic E-state index is 6.08. The zero-order valence-corrected chi connectivity index (χ0v) is 12.4. The van der Waals surface area contributed by atoms with Crippen molar-refractivity contribution in [3.63, 3.8) is 0 Å². The summed E-state index contributed by atoms with van der Waals surface area (Å²) in [4.78, 5) is 5.44. The Bertz CT molecular complexity index is 706. The number of rotatable bonds is 4. The Hall–Kier alpha value is -1.85. The van der Waals surface area contributed by atoms with Gasteiger partial charge in [-0.2, -0.15) is 5.10 Å². The first kappa shape index (κ1) is 13.1. The van der Waals surface area contributed by atoms with E-state index in [4.69, 9.17) is 11.6 Å². The van der Waals surface area contributed by atoms with E-state index in [-0.39, 0.29) is 0 Å². The van der Waals surface area contributed by atoms with Gasteiger partial charge >= 0.3 is 0 Å². The van der Waals surface area contributed by atoms with Crippen LogP contribution in [-0.4, -0.2) is 14.8 Å². The third-order valence-electron chi connectivity index (χ3n) is 2.83.